The van der Waals surface area contributed by atoms with Gasteiger partial charge in [-0.15, -0.1) is 11.8 Å². The average Bonchev–Trinajstić information content (AvgIpc) is 2.23. The van der Waals surface area contributed by atoms with E-state index in [1.807, 2.05) is 11.8 Å². The molecule has 0 fully saturated rings. The van der Waals surface area contributed by atoms with Crippen LogP contribution in [0.25, 0.3) is 0 Å². The third-order valence-electron chi connectivity index (χ3n) is 2.02. The van der Waals surface area contributed by atoms with E-state index in [1.165, 1.54) is 10.5 Å². The van der Waals surface area contributed by atoms with Crippen molar-refractivity contribution in [2.45, 2.75) is 11.8 Å². The first kappa shape index (κ1) is 12.6. The van der Waals surface area contributed by atoms with Gasteiger partial charge >= 0.3 is 0 Å². The quantitative estimate of drug-likeness (QED) is 0.568. The maximum Gasteiger partial charge on any atom is 0.0587 e. The van der Waals surface area contributed by atoms with Gasteiger partial charge in [0.2, 0.25) is 0 Å². The van der Waals surface area contributed by atoms with Crippen LogP contribution in [0.4, 0.5) is 0 Å². The van der Waals surface area contributed by atoms with Gasteiger partial charge in [-0.3, -0.25) is 0 Å². The number of benzene rings is 1. The van der Waals surface area contributed by atoms with E-state index in [0.29, 0.717) is 0 Å². The number of nitrogens with one attached hydrogen (secondary N) is 1. The van der Waals surface area contributed by atoms with Crippen LogP contribution in [0.15, 0.2) is 29.2 Å². The molecule has 0 saturated heterocycles. The van der Waals surface area contributed by atoms with Crippen molar-refractivity contribution in [3.05, 3.63) is 29.8 Å². The van der Waals surface area contributed by atoms with Crippen LogP contribution in [0.1, 0.15) is 5.56 Å². The maximum absolute atomic E-state index is 4.95. The summed E-state index contributed by atoms with van der Waals surface area (Å²) < 4.78 is 4.95. The highest BCUT2D eigenvalue weighted by atomic mass is 32.2. The first-order valence-electron chi connectivity index (χ1n) is 5.22. The molecule has 1 N–H and O–H groups in total. The molecule has 15 heavy (non-hydrogen) atoms. The highest BCUT2D eigenvalue weighted by Crippen LogP contribution is 2.17. The summed E-state index contributed by atoms with van der Waals surface area (Å²) in [5.74, 6) is 1.10. The zero-order valence-corrected chi connectivity index (χ0v) is 10.3. The second kappa shape index (κ2) is 7.74. The highest BCUT2D eigenvalue weighted by molar-refractivity contribution is 7.99. The Morgan fingerprint density at radius 1 is 1.33 bits per heavy atom. The number of methoxy groups -OCH3 is 1. The molecule has 0 atom stereocenters. The van der Waals surface area contributed by atoms with E-state index in [4.69, 9.17) is 4.74 Å². The molecular formula is C12H19NOS. The minimum Gasteiger partial charge on any atom is -0.383 e. The van der Waals surface area contributed by atoms with Crippen molar-refractivity contribution in [2.24, 2.45) is 0 Å². The molecule has 0 unspecified atom stereocenters. The Kier molecular flexibility index (Phi) is 6.48. The van der Waals surface area contributed by atoms with Gasteiger partial charge in [-0.1, -0.05) is 17.7 Å². The molecule has 1 aromatic rings. The number of hydrogen-bond donors (Lipinski definition) is 1. The van der Waals surface area contributed by atoms with Gasteiger partial charge in [0.05, 0.1) is 6.61 Å². The minimum absolute atomic E-state index is 0.787. The van der Waals surface area contributed by atoms with Crippen LogP contribution in [0.3, 0.4) is 0 Å². The molecule has 0 amide bonds. The summed E-state index contributed by atoms with van der Waals surface area (Å²) in [4.78, 5) is 1.35. The molecule has 1 aromatic carbocycles. The largest absolute Gasteiger partial charge is 0.383 e. The molecule has 0 bridgehead atoms. The third-order valence-corrected chi connectivity index (χ3v) is 3.02. The summed E-state index contributed by atoms with van der Waals surface area (Å²) in [7, 11) is 1.73. The lowest BCUT2D eigenvalue weighted by molar-refractivity contribution is 0.200. The number of aryl methyl sites for hydroxylation is 1. The smallest absolute Gasteiger partial charge is 0.0587 e. The highest BCUT2D eigenvalue weighted by Gasteiger charge is 1.93. The maximum atomic E-state index is 4.95. The van der Waals surface area contributed by atoms with Gasteiger partial charge in [0.25, 0.3) is 0 Å². The Hall–Kier alpha value is -0.510. The van der Waals surface area contributed by atoms with Crippen molar-refractivity contribution in [2.75, 3.05) is 32.6 Å². The van der Waals surface area contributed by atoms with Crippen molar-refractivity contribution in [3.63, 3.8) is 0 Å². The van der Waals surface area contributed by atoms with Crippen LogP contribution >= 0.6 is 11.8 Å². The number of ether oxygens (including phenoxy) is 1. The lowest BCUT2D eigenvalue weighted by Crippen LogP contribution is -2.21. The van der Waals surface area contributed by atoms with Crippen LogP contribution in [-0.2, 0) is 4.74 Å². The molecule has 0 spiro atoms. The van der Waals surface area contributed by atoms with Crippen LogP contribution < -0.4 is 5.32 Å². The van der Waals surface area contributed by atoms with Crippen molar-refractivity contribution in [1.29, 1.82) is 0 Å². The van der Waals surface area contributed by atoms with E-state index in [2.05, 4.69) is 36.5 Å². The molecule has 3 heteroatoms. The molecule has 2 nitrogen and oxygen atoms in total. The summed E-state index contributed by atoms with van der Waals surface area (Å²) >= 11 is 1.89. The van der Waals surface area contributed by atoms with E-state index < -0.39 is 0 Å². The topological polar surface area (TPSA) is 21.3 Å². The summed E-state index contributed by atoms with van der Waals surface area (Å²) in [5, 5.41) is 3.33. The third kappa shape index (κ3) is 5.82. The van der Waals surface area contributed by atoms with Crippen LogP contribution in [0.2, 0.25) is 0 Å². The first-order chi connectivity index (χ1) is 7.33. The van der Waals surface area contributed by atoms with Gasteiger partial charge < -0.3 is 10.1 Å². The van der Waals surface area contributed by atoms with Gasteiger partial charge in [0, 0.05) is 30.8 Å². The average molecular weight is 225 g/mol. The van der Waals surface area contributed by atoms with Crippen molar-refractivity contribution >= 4 is 11.8 Å². The molecular weight excluding hydrogens is 206 g/mol. The van der Waals surface area contributed by atoms with Crippen LogP contribution in [0, 0.1) is 6.92 Å². The Balaban J connectivity index is 2.10. The molecule has 0 aliphatic carbocycles. The second-order valence-electron chi connectivity index (χ2n) is 3.41. The van der Waals surface area contributed by atoms with Gasteiger partial charge in [-0.2, -0.15) is 0 Å². The molecule has 0 heterocycles. The monoisotopic (exact) mass is 225 g/mol. The Bertz CT molecular complexity index is 278. The molecule has 0 aliphatic heterocycles. The van der Waals surface area contributed by atoms with E-state index in [1.54, 1.807) is 7.11 Å². The summed E-state index contributed by atoms with van der Waals surface area (Å²) in [6.07, 6.45) is 0. The number of rotatable bonds is 7. The lowest BCUT2D eigenvalue weighted by Gasteiger charge is -2.04. The zero-order valence-electron chi connectivity index (χ0n) is 9.45. The SMILES string of the molecule is COCCNCCSc1cccc(C)c1. The number of hydrogen-bond acceptors (Lipinski definition) is 3. The molecule has 1 rings (SSSR count). The van der Waals surface area contributed by atoms with Crippen LogP contribution in [-0.4, -0.2) is 32.6 Å². The molecule has 0 aromatic heterocycles. The van der Waals surface area contributed by atoms with Gasteiger partial charge in [0.1, 0.15) is 0 Å². The zero-order chi connectivity index (χ0) is 10.9. The summed E-state index contributed by atoms with van der Waals surface area (Å²) in [5.41, 5.74) is 1.33. The van der Waals surface area contributed by atoms with E-state index in [-0.39, 0.29) is 0 Å². The van der Waals surface area contributed by atoms with Gasteiger partial charge in [-0.05, 0) is 19.1 Å². The van der Waals surface area contributed by atoms with Crippen molar-refractivity contribution < 1.29 is 4.74 Å². The van der Waals surface area contributed by atoms with Gasteiger partial charge in [-0.25, -0.2) is 0 Å². The minimum atomic E-state index is 0.787. The van der Waals surface area contributed by atoms with Gasteiger partial charge in [0.15, 0.2) is 0 Å². The fourth-order valence-corrected chi connectivity index (χ4v) is 2.17. The van der Waals surface area contributed by atoms with Crippen molar-refractivity contribution in [3.8, 4) is 0 Å². The van der Waals surface area contributed by atoms with E-state index in [9.17, 15) is 0 Å². The standard InChI is InChI=1S/C12H19NOS/c1-11-4-3-5-12(10-11)15-9-7-13-6-8-14-2/h3-5,10,13H,6-9H2,1-2H3. The lowest BCUT2D eigenvalue weighted by atomic mass is 10.2. The van der Waals surface area contributed by atoms with Crippen LogP contribution in [0.5, 0.6) is 0 Å². The first-order valence-corrected chi connectivity index (χ1v) is 6.20. The predicted octanol–water partition coefficient (Wildman–Crippen LogP) is 2.32. The predicted molar refractivity (Wildman–Crippen MR) is 66.6 cm³/mol. The summed E-state index contributed by atoms with van der Waals surface area (Å²) in [6, 6.07) is 8.61. The Morgan fingerprint density at radius 3 is 2.93 bits per heavy atom. The summed E-state index contributed by atoms with van der Waals surface area (Å²) in [6.45, 7) is 4.88. The molecule has 0 aliphatic rings. The normalized spacial score (nSPS) is 10.5. The second-order valence-corrected chi connectivity index (χ2v) is 4.58. The Labute approximate surface area is 96.4 Å². The fraction of sp³-hybridized carbons (Fsp3) is 0.500. The number of thioether (sulfide) groups is 1. The molecule has 84 valence electrons. The molecule has 0 radical (unpaired) electrons. The fourth-order valence-electron chi connectivity index (χ4n) is 1.25. The van der Waals surface area contributed by atoms with E-state index >= 15 is 0 Å². The Morgan fingerprint density at radius 2 is 2.20 bits per heavy atom. The molecule has 0 saturated carbocycles. The van der Waals surface area contributed by atoms with Crippen molar-refractivity contribution in [1.82, 2.24) is 5.32 Å². The van der Waals surface area contributed by atoms with E-state index in [0.717, 1.165) is 25.4 Å².